The molecule has 0 bridgehead atoms. The van der Waals surface area contributed by atoms with Gasteiger partial charge < -0.3 is 24.4 Å². The molecule has 2 aliphatic heterocycles. The molecule has 1 aromatic rings. The molecule has 26 heavy (non-hydrogen) atoms. The number of amides is 3. The largest absolute Gasteiger partial charge is 0.378 e. The number of morpholine rings is 1. The van der Waals surface area contributed by atoms with Crippen LogP contribution in [0.3, 0.4) is 0 Å². The number of carbonyl (C=O) groups is 2. The molecule has 0 aromatic carbocycles. The van der Waals surface area contributed by atoms with Crippen molar-refractivity contribution in [2.45, 2.75) is 45.1 Å². The second-order valence-electron chi connectivity index (χ2n) is 6.79. The average Bonchev–Trinajstić information content (AvgIpc) is 3.12. The van der Waals surface area contributed by atoms with Gasteiger partial charge in [-0.05, 0) is 26.2 Å². The first-order chi connectivity index (χ1) is 12.6. The number of aromatic nitrogens is 2. The number of aryl methyl sites for hydroxylation is 1. The zero-order chi connectivity index (χ0) is 18.5. The molecular weight excluding hydrogens is 338 g/mol. The van der Waals surface area contributed by atoms with Crippen molar-refractivity contribution in [1.82, 2.24) is 25.3 Å². The van der Waals surface area contributed by atoms with Gasteiger partial charge in [-0.1, -0.05) is 12.1 Å². The second kappa shape index (κ2) is 8.48. The third-order valence-electron chi connectivity index (χ3n) is 5.00. The number of urea groups is 1. The van der Waals surface area contributed by atoms with E-state index in [1.807, 2.05) is 6.92 Å². The minimum Gasteiger partial charge on any atom is -0.378 e. The van der Waals surface area contributed by atoms with Crippen molar-refractivity contribution < 1.29 is 18.8 Å². The lowest BCUT2D eigenvalue weighted by Crippen LogP contribution is -2.54. The highest BCUT2D eigenvalue weighted by Crippen LogP contribution is 2.26. The van der Waals surface area contributed by atoms with E-state index in [0.717, 1.165) is 12.8 Å². The molecule has 2 fully saturated rings. The summed E-state index contributed by atoms with van der Waals surface area (Å²) in [5.74, 6) is 1.45. The maximum atomic E-state index is 12.6. The van der Waals surface area contributed by atoms with Crippen molar-refractivity contribution in [2.75, 3.05) is 39.4 Å². The number of hydrogen-bond donors (Lipinski definition) is 1. The summed E-state index contributed by atoms with van der Waals surface area (Å²) in [6, 6.07) is -0.671. The minimum absolute atomic E-state index is 0.0274. The Balaban J connectivity index is 1.50. The van der Waals surface area contributed by atoms with Crippen LogP contribution in [0.5, 0.6) is 0 Å². The van der Waals surface area contributed by atoms with Crippen LogP contribution in [-0.2, 0) is 9.53 Å². The van der Waals surface area contributed by atoms with E-state index >= 15 is 0 Å². The summed E-state index contributed by atoms with van der Waals surface area (Å²) < 4.78 is 10.5. The van der Waals surface area contributed by atoms with Gasteiger partial charge in [0.2, 0.25) is 11.8 Å². The Morgan fingerprint density at radius 1 is 1.19 bits per heavy atom. The molecule has 2 saturated heterocycles. The van der Waals surface area contributed by atoms with E-state index in [1.165, 1.54) is 0 Å². The second-order valence-corrected chi connectivity index (χ2v) is 6.79. The predicted octanol–water partition coefficient (Wildman–Crippen LogP) is 0.904. The maximum absolute atomic E-state index is 12.6. The molecule has 9 heteroatoms. The normalized spacial score (nSPS) is 20.1. The summed E-state index contributed by atoms with van der Waals surface area (Å²) >= 11 is 0. The van der Waals surface area contributed by atoms with Crippen LogP contribution in [0.15, 0.2) is 4.52 Å². The van der Waals surface area contributed by atoms with E-state index in [4.69, 9.17) is 9.26 Å². The van der Waals surface area contributed by atoms with Gasteiger partial charge in [0.15, 0.2) is 5.82 Å². The topological polar surface area (TPSA) is 101 Å². The fourth-order valence-corrected chi connectivity index (χ4v) is 3.39. The highest BCUT2D eigenvalue weighted by molar-refractivity contribution is 5.87. The lowest BCUT2D eigenvalue weighted by molar-refractivity contribution is -0.137. The molecule has 3 heterocycles. The van der Waals surface area contributed by atoms with E-state index < -0.39 is 6.04 Å². The Morgan fingerprint density at radius 2 is 1.88 bits per heavy atom. The summed E-state index contributed by atoms with van der Waals surface area (Å²) in [7, 11) is 0. The minimum atomic E-state index is -0.489. The van der Waals surface area contributed by atoms with Gasteiger partial charge in [0.1, 0.15) is 6.04 Å². The van der Waals surface area contributed by atoms with Gasteiger partial charge in [-0.2, -0.15) is 4.98 Å². The fraction of sp³-hybridized carbons (Fsp3) is 0.765. The molecule has 1 aromatic heterocycles. The van der Waals surface area contributed by atoms with Crippen molar-refractivity contribution >= 4 is 11.9 Å². The average molecular weight is 365 g/mol. The van der Waals surface area contributed by atoms with Crippen molar-refractivity contribution in [2.24, 2.45) is 0 Å². The fourth-order valence-electron chi connectivity index (χ4n) is 3.39. The molecule has 1 unspecified atom stereocenters. The van der Waals surface area contributed by atoms with Gasteiger partial charge in [0.05, 0.1) is 13.2 Å². The van der Waals surface area contributed by atoms with E-state index in [0.29, 0.717) is 57.5 Å². The molecule has 3 rings (SSSR count). The summed E-state index contributed by atoms with van der Waals surface area (Å²) in [6.07, 6.45) is 2.13. The molecule has 0 aliphatic carbocycles. The number of nitrogens with one attached hydrogen (secondary N) is 1. The summed E-state index contributed by atoms with van der Waals surface area (Å²) in [5.41, 5.74) is 0. The maximum Gasteiger partial charge on any atom is 0.318 e. The molecule has 0 radical (unpaired) electrons. The Kier molecular flexibility index (Phi) is 6.08. The standard InChI is InChI=1S/C17H27N5O4/c1-3-14(16(23)21-8-10-25-11-9-21)19-17(24)22-6-4-13(5-7-22)15-18-12(2)20-26-15/h13-14H,3-11H2,1-2H3,(H,19,24). The van der Waals surface area contributed by atoms with Gasteiger partial charge in [0, 0.05) is 32.1 Å². The summed E-state index contributed by atoms with van der Waals surface area (Å²) in [5, 5.41) is 6.73. The Hall–Kier alpha value is -2.16. The quantitative estimate of drug-likeness (QED) is 0.851. The summed E-state index contributed by atoms with van der Waals surface area (Å²) in [6.45, 7) is 7.21. The van der Waals surface area contributed by atoms with Gasteiger partial charge in [-0.25, -0.2) is 4.79 Å². The lowest BCUT2D eigenvalue weighted by Gasteiger charge is -2.33. The molecular formula is C17H27N5O4. The predicted molar refractivity (Wildman–Crippen MR) is 92.6 cm³/mol. The SMILES string of the molecule is CCC(NC(=O)N1CCC(c2nc(C)no2)CC1)C(=O)N1CCOCC1. The number of rotatable bonds is 4. The molecule has 3 amide bonds. The van der Waals surface area contributed by atoms with Crippen molar-refractivity contribution in [3.8, 4) is 0 Å². The zero-order valence-corrected chi connectivity index (χ0v) is 15.4. The smallest absolute Gasteiger partial charge is 0.318 e. The Bertz CT molecular complexity index is 620. The highest BCUT2D eigenvalue weighted by atomic mass is 16.5. The molecule has 1 N–H and O–H groups in total. The van der Waals surface area contributed by atoms with Crippen molar-refractivity contribution in [3.05, 3.63) is 11.7 Å². The highest BCUT2D eigenvalue weighted by Gasteiger charge is 2.30. The molecule has 1 atom stereocenters. The number of piperidine rings is 1. The van der Waals surface area contributed by atoms with Crippen LogP contribution in [0, 0.1) is 6.92 Å². The first kappa shape index (κ1) is 18.6. The molecule has 0 saturated carbocycles. The lowest BCUT2D eigenvalue weighted by atomic mass is 9.97. The van der Waals surface area contributed by atoms with Crippen LogP contribution < -0.4 is 5.32 Å². The Labute approximate surface area is 153 Å². The van der Waals surface area contributed by atoms with Crippen LogP contribution in [0.4, 0.5) is 4.79 Å². The molecule has 0 spiro atoms. The third-order valence-corrected chi connectivity index (χ3v) is 5.00. The van der Waals surface area contributed by atoms with E-state index in [2.05, 4.69) is 15.5 Å². The van der Waals surface area contributed by atoms with Gasteiger partial charge in [-0.15, -0.1) is 0 Å². The van der Waals surface area contributed by atoms with Crippen LogP contribution in [0.25, 0.3) is 0 Å². The number of nitrogens with zero attached hydrogens (tertiary/aromatic N) is 4. The van der Waals surface area contributed by atoms with Gasteiger partial charge in [0.25, 0.3) is 0 Å². The van der Waals surface area contributed by atoms with Crippen LogP contribution in [0.1, 0.15) is 43.8 Å². The van der Waals surface area contributed by atoms with Crippen molar-refractivity contribution in [1.29, 1.82) is 0 Å². The third kappa shape index (κ3) is 4.32. The van der Waals surface area contributed by atoms with Gasteiger partial charge >= 0.3 is 6.03 Å². The Morgan fingerprint density at radius 3 is 2.46 bits per heavy atom. The van der Waals surface area contributed by atoms with E-state index in [-0.39, 0.29) is 17.9 Å². The number of likely N-dealkylation sites (tertiary alicyclic amines) is 1. The molecule has 2 aliphatic rings. The van der Waals surface area contributed by atoms with Crippen molar-refractivity contribution in [3.63, 3.8) is 0 Å². The first-order valence-electron chi connectivity index (χ1n) is 9.30. The van der Waals surface area contributed by atoms with Crippen LogP contribution in [0.2, 0.25) is 0 Å². The zero-order valence-electron chi connectivity index (χ0n) is 15.4. The molecule has 9 nitrogen and oxygen atoms in total. The monoisotopic (exact) mass is 365 g/mol. The van der Waals surface area contributed by atoms with E-state index in [1.54, 1.807) is 16.7 Å². The number of carbonyl (C=O) groups excluding carboxylic acids is 2. The van der Waals surface area contributed by atoms with Crippen LogP contribution in [-0.4, -0.2) is 77.3 Å². The van der Waals surface area contributed by atoms with Crippen LogP contribution >= 0.6 is 0 Å². The first-order valence-corrected chi connectivity index (χ1v) is 9.30. The molecule has 144 valence electrons. The van der Waals surface area contributed by atoms with E-state index in [9.17, 15) is 9.59 Å². The van der Waals surface area contributed by atoms with Gasteiger partial charge in [-0.3, -0.25) is 4.79 Å². The number of hydrogen-bond acceptors (Lipinski definition) is 6. The summed E-state index contributed by atoms with van der Waals surface area (Å²) in [4.78, 5) is 33.0. The number of ether oxygens (including phenoxy) is 1.